The number of benzene rings is 2. The van der Waals surface area contributed by atoms with Crippen molar-refractivity contribution in [2.24, 2.45) is 0 Å². The van der Waals surface area contributed by atoms with E-state index in [-0.39, 0.29) is 18.6 Å². The summed E-state index contributed by atoms with van der Waals surface area (Å²) in [5, 5.41) is 9.20. The summed E-state index contributed by atoms with van der Waals surface area (Å²) in [6, 6.07) is 10.6. The fraction of sp³-hybridized carbons (Fsp3) is 0.333. The quantitative estimate of drug-likeness (QED) is 0.543. The second-order valence-electron chi connectivity index (χ2n) is 9.27. The van der Waals surface area contributed by atoms with Crippen LogP contribution in [0.2, 0.25) is 0 Å². The molecule has 0 aliphatic heterocycles. The number of carboxylic acid groups (broad SMARTS) is 1. The molecule has 2 aromatic rings. The van der Waals surface area contributed by atoms with Crippen LogP contribution >= 0.6 is 0 Å². The second kappa shape index (κ2) is 10.4. The van der Waals surface area contributed by atoms with Crippen LogP contribution in [-0.2, 0) is 16.1 Å². The molecule has 1 aliphatic carbocycles. The Balaban J connectivity index is 1.71. The minimum atomic E-state index is -2.08. The number of rotatable bonds is 8. The lowest BCUT2D eigenvalue weighted by atomic mass is 9.96. The number of alkyl halides is 1. The smallest absolute Gasteiger partial charge is 0.323 e. The van der Waals surface area contributed by atoms with Gasteiger partial charge in [-0.25, -0.2) is 8.78 Å². The molecular weight excluding hydrogens is 456 g/mol. The van der Waals surface area contributed by atoms with Gasteiger partial charge in [0.2, 0.25) is 5.85 Å². The van der Waals surface area contributed by atoms with E-state index >= 15 is 4.39 Å². The van der Waals surface area contributed by atoms with E-state index < -0.39 is 35.6 Å². The Hall–Kier alpha value is -3.52. The normalized spacial score (nSPS) is 17.6. The summed E-state index contributed by atoms with van der Waals surface area (Å²) in [5.74, 6) is -3.58. The zero-order chi connectivity index (χ0) is 25.8. The summed E-state index contributed by atoms with van der Waals surface area (Å²) < 4.78 is 39.8. The molecule has 1 atom stereocenters. The Kier molecular flexibility index (Phi) is 7.75. The van der Waals surface area contributed by atoms with E-state index in [1.54, 1.807) is 51.1 Å². The molecular formula is C27H29F2NO5. The van der Waals surface area contributed by atoms with E-state index in [0.717, 1.165) is 0 Å². The van der Waals surface area contributed by atoms with E-state index in [9.17, 15) is 19.1 Å². The Bertz CT molecular complexity index is 1170. The molecule has 1 amide bonds. The van der Waals surface area contributed by atoms with Gasteiger partial charge in [0.15, 0.2) is 0 Å². The minimum absolute atomic E-state index is 0.0897. The number of halogens is 2. The fourth-order valence-corrected chi connectivity index (χ4v) is 3.71. The molecule has 1 unspecified atom stereocenters. The van der Waals surface area contributed by atoms with E-state index in [4.69, 9.17) is 9.47 Å². The van der Waals surface area contributed by atoms with E-state index in [2.05, 4.69) is 0 Å². The molecule has 1 aliphatic rings. The molecule has 8 heteroatoms. The van der Waals surface area contributed by atoms with Crippen LogP contribution in [-0.4, -0.2) is 46.9 Å². The molecule has 0 aromatic heterocycles. The third-order valence-electron chi connectivity index (χ3n) is 5.59. The van der Waals surface area contributed by atoms with Gasteiger partial charge in [-0.15, -0.1) is 0 Å². The van der Waals surface area contributed by atoms with Gasteiger partial charge in [-0.2, -0.15) is 0 Å². The highest BCUT2D eigenvalue weighted by atomic mass is 19.2. The maximum Gasteiger partial charge on any atom is 0.323 e. The standard InChI is InChI=1S/C27H29F2NO5/c1-26(2,3)30(16-24(31)32)25(33)20-7-5-6-18(14-20)17-35-27(29)12-10-19(11-13-27)22-15-21(28)8-9-23(22)34-4/h5-12,14-15H,13,16-17H2,1-4H3,(H,31,32). The molecule has 0 heterocycles. The second-order valence-corrected chi connectivity index (χ2v) is 9.27. The van der Waals surface area contributed by atoms with Gasteiger partial charge in [0, 0.05) is 23.1 Å². The summed E-state index contributed by atoms with van der Waals surface area (Å²) in [6.07, 6.45) is 4.32. The summed E-state index contributed by atoms with van der Waals surface area (Å²) >= 11 is 0. The predicted molar refractivity (Wildman–Crippen MR) is 128 cm³/mol. The first-order valence-electron chi connectivity index (χ1n) is 11.1. The largest absolute Gasteiger partial charge is 0.496 e. The van der Waals surface area contributed by atoms with Crippen LogP contribution in [0.1, 0.15) is 48.7 Å². The van der Waals surface area contributed by atoms with Crippen molar-refractivity contribution in [1.82, 2.24) is 4.90 Å². The van der Waals surface area contributed by atoms with Gasteiger partial charge in [-0.05, 0) is 68.3 Å². The van der Waals surface area contributed by atoms with Crippen molar-refractivity contribution in [3.63, 3.8) is 0 Å². The zero-order valence-corrected chi connectivity index (χ0v) is 20.2. The highest BCUT2D eigenvalue weighted by Gasteiger charge is 2.31. The number of carboxylic acids is 1. The van der Waals surface area contributed by atoms with Gasteiger partial charge >= 0.3 is 5.97 Å². The number of nitrogens with zero attached hydrogens (tertiary/aromatic N) is 1. The van der Waals surface area contributed by atoms with Gasteiger partial charge < -0.3 is 19.5 Å². The predicted octanol–water partition coefficient (Wildman–Crippen LogP) is 5.39. The molecule has 0 radical (unpaired) electrons. The topological polar surface area (TPSA) is 76.1 Å². The lowest BCUT2D eigenvalue weighted by molar-refractivity contribution is -0.138. The number of carbonyl (C=O) groups is 2. The molecule has 0 spiro atoms. The molecule has 186 valence electrons. The summed E-state index contributed by atoms with van der Waals surface area (Å²) in [5.41, 5.74) is 1.28. The van der Waals surface area contributed by atoms with Crippen LogP contribution in [0.3, 0.4) is 0 Å². The first-order valence-corrected chi connectivity index (χ1v) is 11.1. The number of allylic oxidation sites excluding steroid dienone is 2. The summed E-state index contributed by atoms with van der Waals surface area (Å²) in [4.78, 5) is 25.5. The fourth-order valence-electron chi connectivity index (χ4n) is 3.71. The maximum absolute atomic E-state index is 15.3. The average molecular weight is 486 g/mol. The minimum Gasteiger partial charge on any atom is -0.496 e. The van der Waals surface area contributed by atoms with Crippen LogP contribution in [0, 0.1) is 5.82 Å². The van der Waals surface area contributed by atoms with Gasteiger partial charge in [0.25, 0.3) is 5.91 Å². The molecule has 6 nitrogen and oxygen atoms in total. The molecule has 0 saturated carbocycles. The van der Waals surface area contributed by atoms with Gasteiger partial charge in [0.05, 0.1) is 13.7 Å². The Morgan fingerprint density at radius 1 is 1.17 bits per heavy atom. The molecule has 0 fully saturated rings. The lowest BCUT2D eigenvalue weighted by Crippen LogP contribution is -2.48. The van der Waals surface area contributed by atoms with Crippen molar-refractivity contribution in [3.05, 3.63) is 83.2 Å². The van der Waals surface area contributed by atoms with Crippen LogP contribution in [0.4, 0.5) is 8.78 Å². The average Bonchev–Trinajstić information content (AvgIpc) is 2.81. The van der Waals surface area contributed by atoms with Crippen molar-refractivity contribution in [2.75, 3.05) is 13.7 Å². The lowest BCUT2D eigenvalue weighted by Gasteiger charge is -2.34. The number of aliphatic carboxylic acids is 1. The monoisotopic (exact) mass is 485 g/mol. The van der Waals surface area contributed by atoms with Crippen molar-refractivity contribution in [2.45, 2.75) is 45.2 Å². The van der Waals surface area contributed by atoms with Gasteiger partial charge in [-0.1, -0.05) is 24.3 Å². The van der Waals surface area contributed by atoms with Crippen molar-refractivity contribution in [1.29, 1.82) is 0 Å². The molecule has 0 bridgehead atoms. The number of hydrogen-bond acceptors (Lipinski definition) is 4. The SMILES string of the molecule is COc1ccc(F)cc1C1=CCC(F)(OCc2cccc(C(=O)N(CC(=O)O)C(C)(C)C)c2)C=C1. The zero-order valence-electron chi connectivity index (χ0n) is 20.2. The van der Waals surface area contributed by atoms with E-state index in [1.807, 2.05) is 0 Å². The summed E-state index contributed by atoms with van der Waals surface area (Å²) in [7, 11) is 1.48. The molecule has 0 saturated heterocycles. The Labute approximate surface area is 203 Å². The Morgan fingerprint density at radius 3 is 2.51 bits per heavy atom. The van der Waals surface area contributed by atoms with Gasteiger partial charge in [-0.3, -0.25) is 9.59 Å². The third-order valence-corrected chi connectivity index (χ3v) is 5.59. The first kappa shape index (κ1) is 26.1. The molecule has 35 heavy (non-hydrogen) atoms. The number of hydrogen-bond donors (Lipinski definition) is 1. The highest BCUT2D eigenvalue weighted by molar-refractivity contribution is 5.96. The van der Waals surface area contributed by atoms with Crippen LogP contribution in [0.25, 0.3) is 5.57 Å². The maximum atomic E-state index is 15.3. The van der Waals surface area contributed by atoms with Crippen LogP contribution in [0.15, 0.2) is 60.7 Å². The van der Waals surface area contributed by atoms with E-state index in [0.29, 0.717) is 22.4 Å². The molecule has 2 aromatic carbocycles. The molecule has 3 rings (SSSR count). The number of carbonyl (C=O) groups excluding carboxylic acids is 1. The number of ether oxygens (including phenoxy) is 2. The summed E-state index contributed by atoms with van der Waals surface area (Å²) in [6.45, 7) is 4.72. The van der Waals surface area contributed by atoms with Crippen molar-refractivity contribution >= 4 is 17.4 Å². The van der Waals surface area contributed by atoms with Crippen molar-refractivity contribution < 1.29 is 33.0 Å². The third kappa shape index (κ3) is 6.54. The number of methoxy groups -OCH3 is 1. The number of amides is 1. The van der Waals surface area contributed by atoms with Crippen molar-refractivity contribution in [3.8, 4) is 5.75 Å². The van der Waals surface area contributed by atoms with Crippen LogP contribution in [0.5, 0.6) is 5.75 Å². The highest BCUT2D eigenvalue weighted by Crippen LogP contribution is 2.35. The van der Waals surface area contributed by atoms with E-state index in [1.165, 1.54) is 42.4 Å². The Morgan fingerprint density at radius 2 is 1.91 bits per heavy atom. The van der Waals surface area contributed by atoms with Crippen LogP contribution < -0.4 is 4.74 Å². The first-order chi connectivity index (χ1) is 16.4. The van der Waals surface area contributed by atoms with Gasteiger partial charge in [0.1, 0.15) is 18.1 Å². The molecule has 1 N–H and O–H groups in total.